The van der Waals surface area contributed by atoms with Crippen LogP contribution in [-0.2, 0) is 14.8 Å². The number of aryl methyl sites for hydroxylation is 2. The number of aliphatic carboxylic acids is 1. The van der Waals surface area contributed by atoms with Gasteiger partial charge in [0.05, 0.1) is 4.90 Å². The van der Waals surface area contributed by atoms with E-state index < -0.39 is 27.9 Å². The molecule has 112 valence electrons. The smallest absolute Gasteiger partial charge is 0.321 e. The Balaban J connectivity index is 3.20. The third kappa shape index (κ3) is 3.77. The first-order valence-corrected chi connectivity index (χ1v) is 7.69. The Morgan fingerprint density at radius 2 is 1.85 bits per heavy atom. The zero-order valence-corrected chi connectivity index (χ0v) is 12.4. The van der Waals surface area contributed by atoms with Crippen molar-refractivity contribution in [2.75, 3.05) is 0 Å². The molecule has 0 saturated heterocycles. The molecule has 0 spiro atoms. The van der Waals surface area contributed by atoms with E-state index in [-0.39, 0.29) is 22.4 Å². The van der Waals surface area contributed by atoms with Gasteiger partial charge in [-0.05, 0) is 43.5 Å². The molecule has 2 N–H and O–H groups in total. The van der Waals surface area contributed by atoms with Crippen LogP contribution in [0, 0.1) is 19.7 Å². The van der Waals surface area contributed by atoms with Gasteiger partial charge in [-0.1, -0.05) is 13.3 Å². The van der Waals surface area contributed by atoms with E-state index in [1.165, 1.54) is 13.8 Å². The van der Waals surface area contributed by atoms with Crippen molar-refractivity contribution < 1.29 is 22.7 Å². The van der Waals surface area contributed by atoms with Crippen LogP contribution in [0.4, 0.5) is 4.39 Å². The lowest BCUT2D eigenvalue weighted by atomic mass is 10.1. The van der Waals surface area contributed by atoms with Crippen LogP contribution in [0.2, 0.25) is 0 Å². The molecule has 7 heteroatoms. The van der Waals surface area contributed by atoms with Gasteiger partial charge in [-0.25, -0.2) is 12.8 Å². The van der Waals surface area contributed by atoms with E-state index in [9.17, 15) is 17.6 Å². The molecular weight excluding hydrogens is 285 g/mol. The first-order valence-electron chi connectivity index (χ1n) is 6.21. The van der Waals surface area contributed by atoms with Crippen molar-refractivity contribution in [2.24, 2.45) is 0 Å². The standard InChI is InChI=1S/C13H18FNO4S/c1-4-5-11(13(16)17)15-20(18,19)12-8(2)6-10(14)7-9(12)3/h6-7,11,15H,4-5H2,1-3H3,(H,16,17)/t11-/m1/s1. The topological polar surface area (TPSA) is 83.5 Å². The fraction of sp³-hybridized carbons (Fsp3) is 0.462. The van der Waals surface area contributed by atoms with Crippen LogP contribution in [0.25, 0.3) is 0 Å². The van der Waals surface area contributed by atoms with E-state index in [0.29, 0.717) is 6.42 Å². The molecule has 1 aromatic rings. The van der Waals surface area contributed by atoms with E-state index in [1.54, 1.807) is 6.92 Å². The number of nitrogens with one attached hydrogen (secondary N) is 1. The zero-order valence-electron chi connectivity index (χ0n) is 11.6. The summed E-state index contributed by atoms with van der Waals surface area (Å²) < 4.78 is 39.9. The molecule has 1 rings (SSSR count). The number of rotatable bonds is 6. The molecule has 0 amide bonds. The molecule has 0 aliphatic heterocycles. The molecule has 0 fully saturated rings. The Labute approximate surface area is 117 Å². The maximum Gasteiger partial charge on any atom is 0.321 e. The Hall–Kier alpha value is -1.47. The van der Waals surface area contributed by atoms with Crippen LogP contribution in [0.15, 0.2) is 17.0 Å². The third-order valence-electron chi connectivity index (χ3n) is 2.87. The number of sulfonamides is 1. The lowest BCUT2D eigenvalue weighted by molar-refractivity contribution is -0.139. The molecule has 0 aliphatic rings. The van der Waals surface area contributed by atoms with Crippen LogP contribution in [0.3, 0.4) is 0 Å². The SMILES string of the molecule is CCC[C@@H](NS(=O)(=O)c1c(C)cc(F)cc1C)C(=O)O. The minimum atomic E-state index is -4.00. The van der Waals surface area contributed by atoms with Gasteiger partial charge in [-0.3, -0.25) is 4.79 Å². The Morgan fingerprint density at radius 3 is 2.25 bits per heavy atom. The maximum absolute atomic E-state index is 13.2. The molecule has 0 aromatic heterocycles. The molecule has 0 radical (unpaired) electrons. The number of carbonyl (C=O) groups is 1. The average molecular weight is 303 g/mol. The minimum absolute atomic E-state index is 0.0683. The van der Waals surface area contributed by atoms with Gasteiger partial charge in [0.2, 0.25) is 10.0 Å². The summed E-state index contributed by atoms with van der Waals surface area (Å²) in [5.41, 5.74) is 0.492. The van der Waals surface area contributed by atoms with E-state index in [2.05, 4.69) is 4.72 Å². The third-order valence-corrected chi connectivity index (χ3v) is 4.64. The Kier molecular flexibility index (Phi) is 5.24. The molecule has 0 heterocycles. The highest BCUT2D eigenvalue weighted by Gasteiger charge is 2.27. The first kappa shape index (κ1) is 16.6. The lowest BCUT2D eigenvalue weighted by Gasteiger charge is -2.16. The predicted molar refractivity (Wildman–Crippen MR) is 72.5 cm³/mol. The molecule has 0 aliphatic carbocycles. The van der Waals surface area contributed by atoms with Crippen molar-refractivity contribution in [1.29, 1.82) is 0 Å². The summed E-state index contributed by atoms with van der Waals surface area (Å²) in [4.78, 5) is 11.0. The van der Waals surface area contributed by atoms with Crippen LogP contribution in [0.5, 0.6) is 0 Å². The highest BCUT2D eigenvalue weighted by Crippen LogP contribution is 2.21. The lowest BCUT2D eigenvalue weighted by Crippen LogP contribution is -2.41. The zero-order chi connectivity index (χ0) is 15.5. The maximum atomic E-state index is 13.2. The second-order valence-electron chi connectivity index (χ2n) is 4.67. The normalized spacial score (nSPS) is 13.2. The van der Waals surface area contributed by atoms with Crippen molar-refractivity contribution in [3.05, 3.63) is 29.1 Å². The van der Waals surface area contributed by atoms with E-state index in [4.69, 9.17) is 5.11 Å². The van der Waals surface area contributed by atoms with E-state index >= 15 is 0 Å². The molecular formula is C13H18FNO4S. The van der Waals surface area contributed by atoms with Crippen molar-refractivity contribution in [1.82, 2.24) is 4.72 Å². The molecule has 1 aromatic carbocycles. The van der Waals surface area contributed by atoms with Gasteiger partial charge in [-0.15, -0.1) is 0 Å². The van der Waals surface area contributed by atoms with Gasteiger partial charge in [0, 0.05) is 0 Å². The van der Waals surface area contributed by atoms with Crippen LogP contribution in [-0.4, -0.2) is 25.5 Å². The van der Waals surface area contributed by atoms with Gasteiger partial charge < -0.3 is 5.11 Å². The van der Waals surface area contributed by atoms with Crippen molar-refractivity contribution in [3.63, 3.8) is 0 Å². The molecule has 0 unspecified atom stereocenters. The second-order valence-corrected chi connectivity index (χ2v) is 6.32. The van der Waals surface area contributed by atoms with Gasteiger partial charge in [0.15, 0.2) is 0 Å². The highest BCUT2D eigenvalue weighted by atomic mass is 32.2. The molecule has 0 bridgehead atoms. The number of hydrogen-bond donors (Lipinski definition) is 2. The number of benzene rings is 1. The highest BCUT2D eigenvalue weighted by molar-refractivity contribution is 7.89. The molecule has 5 nitrogen and oxygen atoms in total. The fourth-order valence-electron chi connectivity index (χ4n) is 2.09. The second kappa shape index (κ2) is 6.32. The van der Waals surface area contributed by atoms with Gasteiger partial charge >= 0.3 is 5.97 Å². The summed E-state index contributed by atoms with van der Waals surface area (Å²) in [5.74, 6) is -1.75. The van der Waals surface area contributed by atoms with Crippen molar-refractivity contribution in [3.8, 4) is 0 Å². The van der Waals surface area contributed by atoms with E-state index in [1.807, 2.05) is 0 Å². The number of carboxylic acid groups (broad SMARTS) is 1. The monoisotopic (exact) mass is 303 g/mol. The average Bonchev–Trinajstić information content (AvgIpc) is 2.25. The van der Waals surface area contributed by atoms with Crippen LogP contribution >= 0.6 is 0 Å². The molecule has 1 atom stereocenters. The summed E-state index contributed by atoms with van der Waals surface area (Å²) in [7, 11) is -4.00. The minimum Gasteiger partial charge on any atom is -0.480 e. The Bertz CT molecular complexity index is 590. The number of carboxylic acids is 1. The van der Waals surface area contributed by atoms with Gasteiger partial charge in [0.25, 0.3) is 0 Å². The summed E-state index contributed by atoms with van der Waals surface area (Å²) in [6.07, 6.45) is 0.717. The van der Waals surface area contributed by atoms with Gasteiger partial charge in [-0.2, -0.15) is 4.72 Å². The van der Waals surface area contributed by atoms with Crippen molar-refractivity contribution >= 4 is 16.0 Å². The summed E-state index contributed by atoms with van der Waals surface area (Å²) in [6.45, 7) is 4.71. The summed E-state index contributed by atoms with van der Waals surface area (Å²) in [5, 5.41) is 9.01. The predicted octanol–water partition coefficient (Wildman–Crippen LogP) is 1.97. The Morgan fingerprint density at radius 1 is 1.35 bits per heavy atom. The largest absolute Gasteiger partial charge is 0.480 e. The quantitative estimate of drug-likeness (QED) is 0.841. The van der Waals surface area contributed by atoms with Gasteiger partial charge in [0.1, 0.15) is 11.9 Å². The summed E-state index contributed by atoms with van der Waals surface area (Å²) in [6, 6.07) is 1.03. The summed E-state index contributed by atoms with van der Waals surface area (Å²) >= 11 is 0. The number of hydrogen-bond acceptors (Lipinski definition) is 3. The van der Waals surface area contributed by atoms with E-state index in [0.717, 1.165) is 12.1 Å². The van der Waals surface area contributed by atoms with Crippen LogP contribution < -0.4 is 4.72 Å². The fourth-order valence-corrected chi connectivity index (χ4v) is 3.77. The van der Waals surface area contributed by atoms with Crippen molar-refractivity contribution in [2.45, 2.75) is 44.6 Å². The van der Waals surface area contributed by atoms with Crippen LogP contribution in [0.1, 0.15) is 30.9 Å². The molecule has 20 heavy (non-hydrogen) atoms. The first-order chi connectivity index (χ1) is 9.19. The number of halogens is 1. The molecule has 0 saturated carbocycles.